The number of nitrogens with zero attached hydrogens (tertiary/aromatic N) is 1. The van der Waals surface area contributed by atoms with Crippen molar-refractivity contribution in [2.45, 2.75) is 31.6 Å². The van der Waals surface area contributed by atoms with E-state index in [4.69, 9.17) is 9.47 Å². The summed E-state index contributed by atoms with van der Waals surface area (Å²) < 4.78 is 38.9. The first-order valence-corrected chi connectivity index (χ1v) is 9.06. The van der Waals surface area contributed by atoms with E-state index >= 15 is 0 Å². The summed E-state index contributed by atoms with van der Waals surface area (Å²) in [5.41, 5.74) is 0.834. The van der Waals surface area contributed by atoms with Crippen molar-refractivity contribution in [3.05, 3.63) is 36.5 Å². The van der Waals surface area contributed by atoms with Crippen molar-refractivity contribution >= 4 is 16.9 Å². The number of fused-ring (bicyclic) bond motifs is 3. The van der Waals surface area contributed by atoms with E-state index in [0.717, 1.165) is 10.9 Å². The highest BCUT2D eigenvalue weighted by atomic mass is 19.3. The predicted molar refractivity (Wildman–Crippen MR) is 92.1 cm³/mol. The fourth-order valence-electron chi connectivity index (χ4n) is 4.25. The summed E-state index contributed by atoms with van der Waals surface area (Å²) in [6.07, 6.45) is 3.16. The topological polar surface area (TPSA) is 48.4 Å². The van der Waals surface area contributed by atoms with Crippen LogP contribution in [-0.4, -0.2) is 30.1 Å². The maximum atomic E-state index is 13.9. The second-order valence-electron chi connectivity index (χ2n) is 7.16. The number of rotatable bonds is 5. The van der Waals surface area contributed by atoms with Gasteiger partial charge in [-0.3, -0.25) is 9.78 Å². The van der Waals surface area contributed by atoms with Gasteiger partial charge in [-0.15, -0.1) is 0 Å². The van der Waals surface area contributed by atoms with Crippen LogP contribution in [0.2, 0.25) is 0 Å². The van der Waals surface area contributed by atoms with E-state index in [1.165, 1.54) is 0 Å². The maximum Gasteiger partial charge on any atom is 0.309 e. The van der Waals surface area contributed by atoms with Crippen LogP contribution in [0.4, 0.5) is 8.78 Å². The smallest absolute Gasteiger partial charge is 0.309 e. The molecule has 1 aromatic heterocycles. The van der Waals surface area contributed by atoms with Gasteiger partial charge in [-0.2, -0.15) is 0 Å². The molecule has 6 heteroatoms. The Hall–Kier alpha value is -2.24. The third-order valence-corrected chi connectivity index (χ3v) is 5.62. The first kappa shape index (κ1) is 17.2. The molecule has 2 aromatic rings. The van der Waals surface area contributed by atoms with Crippen LogP contribution in [0.25, 0.3) is 10.9 Å². The standard InChI is InChI=1S/C20H21F2NO3/c21-20(22)14-5-6-15(20)12-13(11-14)19(24)26-10-9-25-18-7-8-23-17-4-2-1-3-16(17)18/h1-4,7-8,13-15H,5-6,9-12H2/t13?,14-,15+. The number of hydrogen-bond donors (Lipinski definition) is 0. The lowest BCUT2D eigenvalue weighted by atomic mass is 9.78. The lowest BCUT2D eigenvalue weighted by Gasteiger charge is -2.33. The van der Waals surface area contributed by atoms with E-state index in [0.29, 0.717) is 18.6 Å². The molecule has 2 aliphatic rings. The lowest BCUT2D eigenvalue weighted by Crippen LogP contribution is -2.39. The number of aromatic nitrogens is 1. The molecule has 4 rings (SSSR count). The summed E-state index contributed by atoms with van der Waals surface area (Å²) in [4.78, 5) is 16.5. The predicted octanol–water partition coefficient (Wildman–Crippen LogP) is 4.23. The van der Waals surface area contributed by atoms with Crippen molar-refractivity contribution < 1.29 is 23.0 Å². The van der Waals surface area contributed by atoms with Gasteiger partial charge in [0.05, 0.1) is 11.4 Å². The highest BCUT2D eigenvalue weighted by molar-refractivity contribution is 5.84. The average molecular weight is 361 g/mol. The minimum Gasteiger partial charge on any atom is -0.489 e. The summed E-state index contributed by atoms with van der Waals surface area (Å²) in [5, 5.41) is 0.896. The van der Waals surface area contributed by atoms with Crippen LogP contribution in [0.3, 0.4) is 0 Å². The Balaban J connectivity index is 1.28. The van der Waals surface area contributed by atoms with Crippen LogP contribution in [0, 0.1) is 17.8 Å². The quantitative estimate of drug-likeness (QED) is 0.591. The number of ether oxygens (including phenoxy) is 2. The number of alkyl halides is 2. The molecule has 2 aliphatic carbocycles. The van der Waals surface area contributed by atoms with Crippen molar-refractivity contribution in [3.8, 4) is 5.75 Å². The van der Waals surface area contributed by atoms with Crippen molar-refractivity contribution in [1.29, 1.82) is 0 Å². The number of esters is 1. The van der Waals surface area contributed by atoms with E-state index in [2.05, 4.69) is 4.98 Å². The molecule has 0 saturated heterocycles. The Morgan fingerprint density at radius 3 is 2.62 bits per heavy atom. The summed E-state index contributed by atoms with van der Waals surface area (Å²) in [6.45, 7) is 0.327. The second kappa shape index (κ2) is 6.82. The Morgan fingerprint density at radius 2 is 1.85 bits per heavy atom. The molecule has 0 amide bonds. The van der Waals surface area contributed by atoms with Gasteiger partial charge in [0.15, 0.2) is 0 Å². The molecule has 0 N–H and O–H groups in total. The fraction of sp³-hybridized carbons (Fsp3) is 0.500. The maximum absolute atomic E-state index is 13.9. The molecule has 1 unspecified atom stereocenters. The van der Waals surface area contributed by atoms with Crippen LogP contribution >= 0.6 is 0 Å². The number of carbonyl (C=O) groups is 1. The summed E-state index contributed by atoms with van der Waals surface area (Å²) in [5.74, 6) is -4.05. The molecule has 26 heavy (non-hydrogen) atoms. The van der Waals surface area contributed by atoms with Gasteiger partial charge in [0.1, 0.15) is 19.0 Å². The molecule has 3 atom stereocenters. The van der Waals surface area contributed by atoms with Gasteiger partial charge >= 0.3 is 5.97 Å². The molecule has 0 spiro atoms. The van der Waals surface area contributed by atoms with E-state index in [-0.39, 0.29) is 32.0 Å². The number of para-hydroxylation sites is 1. The first-order valence-electron chi connectivity index (χ1n) is 9.06. The van der Waals surface area contributed by atoms with Crippen LogP contribution < -0.4 is 4.74 Å². The monoisotopic (exact) mass is 361 g/mol. The van der Waals surface area contributed by atoms with Crippen LogP contribution in [0.15, 0.2) is 36.5 Å². The number of hydrogen-bond acceptors (Lipinski definition) is 4. The number of halogens is 2. The normalized spacial score (nSPS) is 26.6. The molecule has 4 nitrogen and oxygen atoms in total. The third kappa shape index (κ3) is 3.13. The SMILES string of the molecule is O=C(OCCOc1ccnc2ccccc12)C1C[C@H]2CC[C@@H](C1)C2(F)F. The zero-order valence-electron chi connectivity index (χ0n) is 14.4. The van der Waals surface area contributed by atoms with Crippen LogP contribution in [0.1, 0.15) is 25.7 Å². The molecule has 138 valence electrons. The first-order chi connectivity index (χ1) is 12.6. The highest BCUT2D eigenvalue weighted by Gasteiger charge is 2.57. The van der Waals surface area contributed by atoms with Gasteiger partial charge in [0.25, 0.3) is 5.92 Å². The van der Waals surface area contributed by atoms with Crippen LogP contribution in [0.5, 0.6) is 5.75 Å². The van der Waals surface area contributed by atoms with Gasteiger partial charge < -0.3 is 9.47 Å². The molecule has 0 radical (unpaired) electrons. The number of benzene rings is 1. The van der Waals surface area contributed by atoms with Gasteiger partial charge in [-0.05, 0) is 43.9 Å². The average Bonchev–Trinajstić information content (AvgIpc) is 2.82. The van der Waals surface area contributed by atoms with E-state index < -0.39 is 23.7 Å². The number of carbonyl (C=O) groups excluding carboxylic acids is 1. The van der Waals surface area contributed by atoms with Gasteiger partial charge in [-0.25, -0.2) is 8.78 Å². The molecule has 2 bridgehead atoms. The molecule has 1 heterocycles. The lowest BCUT2D eigenvalue weighted by molar-refractivity contribution is -0.160. The largest absolute Gasteiger partial charge is 0.489 e. The molecule has 0 aliphatic heterocycles. The molecular weight excluding hydrogens is 340 g/mol. The molecule has 2 fully saturated rings. The van der Waals surface area contributed by atoms with Gasteiger partial charge in [0, 0.05) is 23.4 Å². The van der Waals surface area contributed by atoms with E-state index in [9.17, 15) is 13.6 Å². The second-order valence-corrected chi connectivity index (χ2v) is 7.16. The summed E-state index contributed by atoms with van der Waals surface area (Å²) in [7, 11) is 0. The van der Waals surface area contributed by atoms with E-state index in [1.54, 1.807) is 12.3 Å². The minimum atomic E-state index is -2.61. The zero-order chi connectivity index (χ0) is 18.1. The Labute approximate surface area is 150 Å². The minimum absolute atomic E-state index is 0.109. The zero-order valence-corrected chi connectivity index (χ0v) is 14.4. The van der Waals surface area contributed by atoms with Crippen molar-refractivity contribution in [3.63, 3.8) is 0 Å². The van der Waals surface area contributed by atoms with Crippen molar-refractivity contribution in [1.82, 2.24) is 4.98 Å². The molecule has 1 aromatic carbocycles. The number of pyridine rings is 1. The fourth-order valence-corrected chi connectivity index (χ4v) is 4.25. The van der Waals surface area contributed by atoms with Gasteiger partial charge in [-0.1, -0.05) is 12.1 Å². The Bertz CT molecular complexity index is 789. The summed E-state index contributed by atoms with van der Waals surface area (Å²) >= 11 is 0. The van der Waals surface area contributed by atoms with E-state index in [1.807, 2.05) is 24.3 Å². The molecular formula is C20H21F2NO3. The van der Waals surface area contributed by atoms with Crippen molar-refractivity contribution in [2.75, 3.05) is 13.2 Å². The van der Waals surface area contributed by atoms with Gasteiger partial charge in [0.2, 0.25) is 0 Å². The van der Waals surface area contributed by atoms with Crippen LogP contribution in [-0.2, 0) is 9.53 Å². The highest BCUT2D eigenvalue weighted by Crippen LogP contribution is 2.54. The summed E-state index contributed by atoms with van der Waals surface area (Å²) in [6, 6.07) is 9.40. The third-order valence-electron chi connectivity index (χ3n) is 5.62. The Morgan fingerprint density at radius 1 is 1.12 bits per heavy atom. The Kier molecular flexibility index (Phi) is 4.51. The molecule has 2 saturated carbocycles. The van der Waals surface area contributed by atoms with Crippen molar-refractivity contribution in [2.24, 2.45) is 17.8 Å².